The number of amides is 4. The summed E-state index contributed by atoms with van der Waals surface area (Å²) in [6, 6.07) is 7.38. The molecule has 0 bridgehead atoms. The first kappa shape index (κ1) is 19.0. The molecule has 0 aliphatic carbocycles. The average molecular weight is 412 g/mol. The van der Waals surface area contributed by atoms with Gasteiger partial charge in [0.1, 0.15) is 0 Å². The normalized spacial score (nSPS) is 16.2. The van der Waals surface area contributed by atoms with Gasteiger partial charge in [-0.3, -0.25) is 29.4 Å². The van der Waals surface area contributed by atoms with Crippen LogP contribution in [0.1, 0.15) is 62.2 Å². The van der Waals surface area contributed by atoms with E-state index in [1.807, 2.05) is 0 Å². The highest BCUT2D eigenvalue weighted by Gasteiger charge is 2.42. The molecule has 29 heavy (non-hydrogen) atoms. The summed E-state index contributed by atoms with van der Waals surface area (Å²) < 4.78 is 26.1. The molecule has 0 spiro atoms. The lowest BCUT2D eigenvalue weighted by molar-refractivity contribution is 0.0507. The molecule has 0 radical (unpaired) electrons. The van der Waals surface area contributed by atoms with Gasteiger partial charge in [-0.1, -0.05) is 0 Å². The third-order valence-electron chi connectivity index (χ3n) is 4.86. The largest absolute Gasteiger partial charge is 0.288 e. The van der Waals surface area contributed by atoms with E-state index in [0.717, 1.165) is 11.0 Å². The zero-order chi connectivity index (χ0) is 21.3. The molecule has 0 saturated heterocycles. The molecule has 2 aromatic rings. The third kappa shape index (κ3) is 2.69. The van der Waals surface area contributed by atoms with Gasteiger partial charge in [-0.25, -0.2) is 8.42 Å². The van der Waals surface area contributed by atoms with Crippen LogP contribution in [0.2, 0.25) is 0 Å². The molecule has 4 amide bonds. The fourth-order valence-corrected chi connectivity index (χ4v) is 4.76. The van der Waals surface area contributed by atoms with Crippen molar-refractivity contribution >= 4 is 33.5 Å². The molecule has 4 rings (SSSR count). The van der Waals surface area contributed by atoms with E-state index in [9.17, 15) is 27.6 Å². The van der Waals surface area contributed by atoms with Crippen LogP contribution in [-0.4, -0.2) is 42.5 Å². The zero-order valence-electron chi connectivity index (χ0n) is 15.8. The molecule has 0 fully saturated rings. The average Bonchev–Trinajstić information content (AvgIpc) is 3.07. The van der Waals surface area contributed by atoms with Crippen molar-refractivity contribution in [3.05, 3.63) is 58.7 Å². The topological polar surface area (TPSA) is 118 Å². The highest BCUT2D eigenvalue weighted by molar-refractivity contribution is 7.91. The summed E-state index contributed by atoms with van der Waals surface area (Å²) in [6.45, 7) is 5.13. The summed E-state index contributed by atoms with van der Waals surface area (Å²) in [5, 5.41) is 2.10. The Balaban J connectivity index is 1.80. The predicted octanol–water partition coefficient (Wildman–Crippen LogP) is 1.80. The molecular formula is C20H16N2O6S. The maximum Gasteiger partial charge on any atom is 0.262 e. The monoisotopic (exact) mass is 412 g/mol. The molecule has 148 valence electrons. The molecule has 0 atom stereocenters. The van der Waals surface area contributed by atoms with E-state index >= 15 is 0 Å². The maximum absolute atomic E-state index is 13.1. The van der Waals surface area contributed by atoms with E-state index in [2.05, 4.69) is 5.32 Å². The van der Waals surface area contributed by atoms with Gasteiger partial charge < -0.3 is 0 Å². The van der Waals surface area contributed by atoms with E-state index in [1.54, 1.807) is 20.8 Å². The number of fused-ring (bicyclic) bond motifs is 2. The Labute approximate surface area is 166 Å². The van der Waals surface area contributed by atoms with Crippen molar-refractivity contribution in [3.8, 4) is 0 Å². The lowest BCUT2D eigenvalue weighted by Crippen LogP contribution is -2.45. The van der Waals surface area contributed by atoms with Gasteiger partial charge in [-0.2, -0.15) is 0 Å². The van der Waals surface area contributed by atoms with Crippen LogP contribution in [-0.2, 0) is 9.84 Å². The van der Waals surface area contributed by atoms with Gasteiger partial charge in [0.15, 0.2) is 0 Å². The van der Waals surface area contributed by atoms with Crippen LogP contribution >= 0.6 is 0 Å². The van der Waals surface area contributed by atoms with E-state index in [0.29, 0.717) is 0 Å². The second-order valence-electron chi connectivity index (χ2n) is 7.82. The van der Waals surface area contributed by atoms with Crippen molar-refractivity contribution in [1.29, 1.82) is 0 Å². The van der Waals surface area contributed by atoms with E-state index in [4.69, 9.17) is 0 Å². The van der Waals surface area contributed by atoms with Gasteiger partial charge in [0.25, 0.3) is 23.6 Å². The van der Waals surface area contributed by atoms with E-state index < -0.39 is 39.0 Å². The summed E-state index contributed by atoms with van der Waals surface area (Å²) in [6.07, 6.45) is 0. The number of rotatable bonds is 2. The highest BCUT2D eigenvalue weighted by atomic mass is 32.2. The second-order valence-corrected chi connectivity index (χ2v) is 9.77. The number of sulfone groups is 1. The molecule has 8 nitrogen and oxygen atoms in total. The summed E-state index contributed by atoms with van der Waals surface area (Å²) in [5.41, 5.74) is -0.527. The minimum absolute atomic E-state index is 0.0140. The summed E-state index contributed by atoms with van der Waals surface area (Å²) in [5.74, 6) is -2.29. The zero-order valence-corrected chi connectivity index (χ0v) is 16.6. The molecule has 2 heterocycles. The fourth-order valence-electron chi connectivity index (χ4n) is 3.45. The fraction of sp³-hybridized carbons (Fsp3) is 0.200. The summed E-state index contributed by atoms with van der Waals surface area (Å²) in [7, 11) is -4.09. The molecule has 1 N–H and O–H groups in total. The molecule has 2 aliphatic rings. The molecular weight excluding hydrogens is 396 g/mol. The van der Waals surface area contributed by atoms with Crippen molar-refractivity contribution < 1.29 is 27.6 Å². The van der Waals surface area contributed by atoms with Gasteiger partial charge in [0.05, 0.1) is 32.0 Å². The van der Waals surface area contributed by atoms with Crippen molar-refractivity contribution in [2.75, 3.05) is 0 Å². The highest BCUT2D eigenvalue weighted by Crippen LogP contribution is 2.32. The number of imide groups is 2. The summed E-state index contributed by atoms with van der Waals surface area (Å²) in [4.78, 5) is 49.5. The van der Waals surface area contributed by atoms with Crippen LogP contribution in [0.5, 0.6) is 0 Å². The van der Waals surface area contributed by atoms with Gasteiger partial charge >= 0.3 is 0 Å². The van der Waals surface area contributed by atoms with Crippen LogP contribution in [0.4, 0.5) is 0 Å². The number of carbonyl (C=O) groups excluding carboxylic acids is 4. The van der Waals surface area contributed by atoms with Crippen LogP contribution in [0.25, 0.3) is 0 Å². The molecule has 0 aromatic heterocycles. The molecule has 0 unspecified atom stereocenters. The maximum atomic E-state index is 13.1. The Morgan fingerprint density at radius 2 is 1.21 bits per heavy atom. The quantitative estimate of drug-likeness (QED) is 0.752. The Morgan fingerprint density at radius 1 is 0.724 bits per heavy atom. The lowest BCUT2D eigenvalue weighted by atomic mass is 10.1. The Hall–Kier alpha value is -3.33. The van der Waals surface area contributed by atoms with Crippen LogP contribution in [0.15, 0.2) is 46.2 Å². The SMILES string of the molecule is CC(C)(C)N1C(=O)c2ccc(S(=O)(=O)c3ccc4c(c3)C(=O)NC4=O)cc2C1=O. The van der Waals surface area contributed by atoms with Gasteiger partial charge in [-0.05, 0) is 57.2 Å². The van der Waals surface area contributed by atoms with Crippen LogP contribution in [0, 0.1) is 0 Å². The van der Waals surface area contributed by atoms with Gasteiger partial charge in [-0.15, -0.1) is 0 Å². The number of hydrogen-bond donors (Lipinski definition) is 1. The van der Waals surface area contributed by atoms with Gasteiger partial charge in [0.2, 0.25) is 9.84 Å². The third-order valence-corrected chi connectivity index (χ3v) is 6.61. The standard InChI is InChI=1S/C20H16N2O6S/c1-20(2,3)22-18(25)13-7-5-11(9-15(13)19(22)26)29(27,28)10-4-6-12-14(8-10)17(24)21-16(12)23/h4-9H,1-3H3,(H,21,23,24). The molecule has 2 aromatic carbocycles. The molecule has 9 heteroatoms. The first-order chi connectivity index (χ1) is 13.4. The van der Waals surface area contributed by atoms with Gasteiger partial charge in [0, 0.05) is 5.54 Å². The Morgan fingerprint density at radius 3 is 1.79 bits per heavy atom. The van der Waals surface area contributed by atoms with Crippen molar-refractivity contribution in [3.63, 3.8) is 0 Å². The second kappa shape index (κ2) is 5.84. The van der Waals surface area contributed by atoms with Crippen LogP contribution < -0.4 is 5.32 Å². The van der Waals surface area contributed by atoms with Crippen molar-refractivity contribution in [2.24, 2.45) is 0 Å². The predicted molar refractivity (Wildman–Crippen MR) is 100 cm³/mol. The molecule has 2 aliphatic heterocycles. The smallest absolute Gasteiger partial charge is 0.262 e. The van der Waals surface area contributed by atoms with Crippen LogP contribution in [0.3, 0.4) is 0 Å². The number of nitrogens with zero attached hydrogens (tertiary/aromatic N) is 1. The summed E-state index contributed by atoms with van der Waals surface area (Å²) >= 11 is 0. The Bertz CT molecular complexity index is 1250. The van der Waals surface area contributed by atoms with Crippen molar-refractivity contribution in [1.82, 2.24) is 10.2 Å². The number of hydrogen-bond acceptors (Lipinski definition) is 6. The minimum Gasteiger partial charge on any atom is -0.288 e. The van der Waals surface area contributed by atoms with E-state index in [-0.39, 0.29) is 32.0 Å². The van der Waals surface area contributed by atoms with E-state index in [1.165, 1.54) is 30.3 Å². The first-order valence-corrected chi connectivity index (χ1v) is 10.2. The van der Waals surface area contributed by atoms with Crippen molar-refractivity contribution in [2.45, 2.75) is 36.1 Å². The molecule has 0 saturated carbocycles. The number of benzene rings is 2. The lowest BCUT2D eigenvalue weighted by Gasteiger charge is -2.29. The number of carbonyl (C=O) groups is 4. The number of nitrogens with one attached hydrogen (secondary N) is 1. The first-order valence-electron chi connectivity index (χ1n) is 8.70. The minimum atomic E-state index is -4.09. The Kier molecular flexibility index (Phi) is 3.82.